The fourth-order valence-electron chi connectivity index (χ4n) is 2.90. The highest BCUT2D eigenvalue weighted by Crippen LogP contribution is 2.23. The van der Waals surface area contributed by atoms with Crippen molar-refractivity contribution < 1.29 is 9.66 Å². The number of nitrogens with one attached hydrogen (secondary N) is 1. The first-order valence-electron chi connectivity index (χ1n) is 8.34. The van der Waals surface area contributed by atoms with Crippen LogP contribution in [0.15, 0.2) is 42.5 Å². The van der Waals surface area contributed by atoms with Gasteiger partial charge in [0.1, 0.15) is 11.9 Å². The van der Waals surface area contributed by atoms with Crippen molar-refractivity contribution in [3.8, 4) is 6.07 Å². The fraction of sp³-hybridized carbons (Fsp3) is 0.333. The minimum absolute atomic E-state index is 0.0604. The van der Waals surface area contributed by atoms with E-state index in [-0.39, 0.29) is 17.4 Å². The van der Waals surface area contributed by atoms with Crippen LogP contribution in [-0.2, 0) is 4.74 Å². The Labute approximate surface area is 151 Å². The predicted molar refractivity (Wildman–Crippen MR) is 95.7 cm³/mol. The largest absolute Gasteiger partial charge is 0.379 e. The van der Waals surface area contributed by atoms with Crippen molar-refractivity contribution >= 4 is 11.5 Å². The van der Waals surface area contributed by atoms with Gasteiger partial charge in [-0.1, -0.05) is 30.3 Å². The lowest BCUT2D eigenvalue weighted by Gasteiger charge is -2.31. The Morgan fingerprint density at radius 1 is 1.27 bits per heavy atom. The van der Waals surface area contributed by atoms with E-state index >= 15 is 0 Å². The number of morpholine rings is 1. The summed E-state index contributed by atoms with van der Waals surface area (Å²) in [6.07, 6.45) is 0. The van der Waals surface area contributed by atoms with Gasteiger partial charge >= 0.3 is 5.69 Å². The minimum Gasteiger partial charge on any atom is -0.379 e. The highest BCUT2D eigenvalue weighted by Gasteiger charge is 2.21. The number of anilines is 1. The van der Waals surface area contributed by atoms with Gasteiger partial charge in [0.05, 0.1) is 24.2 Å². The lowest BCUT2D eigenvalue weighted by molar-refractivity contribution is -0.385. The first kappa shape index (κ1) is 17.8. The van der Waals surface area contributed by atoms with Crippen LogP contribution in [0.2, 0.25) is 0 Å². The SMILES string of the molecule is N#Cc1nc(NC(CN2CCOCC2)c2ccccc2)ccc1[N+](=O)[O-]. The number of nitrogens with zero attached hydrogens (tertiary/aromatic N) is 4. The molecule has 2 heterocycles. The summed E-state index contributed by atoms with van der Waals surface area (Å²) in [6.45, 7) is 3.85. The van der Waals surface area contributed by atoms with Gasteiger partial charge < -0.3 is 10.1 Å². The van der Waals surface area contributed by atoms with Crippen LogP contribution in [0.1, 0.15) is 17.3 Å². The van der Waals surface area contributed by atoms with Gasteiger partial charge in [-0.3, -0.25) is 15.0 Å². The van der Waals surface area contributed by atoms with Gasteiger partial charge in [-0.2, -0.15) is 5.26 Å². The molecule has 2 aromatic rings. The van der Waals surface area contributed by atoms with Crippen LogP contribution < -0.4 is 5.32 Å². The van der Waals surface area contributed by atoms with Gasteiger partial charge in [0.2, 0.25) is 5.69 Å². The molecule has 1 aromatic heterocycles. The molecule has 3 rings (SSSR count). The highest BCUT2D eigenvalue weighted by atomic mass is 16.6. The Balaban J connectivity index is 1.83. The molecular weight excluding hydrogens is 334 g/mol. The maximum absolute atomic E-state index is 11.0. The summed E-state index contributed by atoms with van der Waals surface area (Å²) in [6, 6.07) is 14.5. The molecule has 8 nitrogen and oxygen atoms in total. The first-order valence-corrected chi connectivity index (χ1v) is 8.34. The monoisotopic (exact) mass is 353 g/mol. The van der Waals surface area contributed by atoms with Crippen LogP contribution in [0, 0.1) is 21.4 Å². The van der Waals surface area contributed by atoms with Gasteiger partial charge in [-0.05, 0) is 11.6 Å². The van der Waals surface area contributed by atoms with E-state index in [2.05, 4.69) is 15.2 Å². The number of hydrogen-bond acceptors (Lipinski definition) is 7. The Hall–Kier alpha value is -3.02. The zero-order chi connectivity index (χ0) is 18.4. The molecule has 0 amide bonds. The van der Waals surface area contributed by atoms with Gasteiger partial charge in [-0.25, -0.2) is 4.98 Å². The summed E-state index contributed by atoms with van der Waals surface area (Å²) < 4.78 is 5.40. The molecule has 0 aliphatic carbocycles. The van der Waals surface area contributed by atoms with Crippen molar-refractivity contribution in [2.45, 2.75) is 6.04 Å². The highest BCUT2D eigenvalue weighted by molar-refractivity contribution is 5.51. The smallest absolute Gasteiger partial charge is 0.305 e. The Morgan fingerprint density at radius 2 is 2.00 bits per heavy atom. The number of rotatable bonds is 6. The summed E-state index contributed by atoms with van der Waals surface area (Å²) in [5, 5.41) is 23.4. The molecule has 8 heteroatoms. The predicted octanol–water partition coefficient (Wildman–Crippen LogP) is 2.35. The van der Waals surface area contributed by atoms with E-state index in [0.717, 1.165) is 25.2 Å². The molecule has 0 bridgehead atoms. The standard InChI is InChI=1S/C18H19N5O3/c19-12-15-17(23(24)25)6-7-18(20-15)21-16(14-4-2-1-3-5-14)13-22-8-10-26-11-9-22/h1-7,16H,8-11,13H2,(H,20,21). The van der Waals surface area contributed by atoms with E-state index in [1.54, 1.807) is 6.07 Å². The number of hydrogen-bond donors (Lipinski definition) is 1. The normalized spacial score (nSPS) is 15.8. The topological polar surface area (TPSA) is 104 Å². The zero-order valence-corrected chi connectivity index (χ0v) is 14.2. The molecule has 134 valence electrons. The van der Waals surface area contributed by atoms with E-state index in [1.165, 1.54) is 12.1 Å². The molecule has 26 heavy (non-hydrogen) atoms. The van der Waals surface area contributed by atoms with Gasteiger partial charge in [0.25, 0.3) is 0 Å². The molecule has 1 aliphatic rings. The molecule has 1 saturated heterocycles. The third kappa shape index (κ3) is 4.33. The van der Waals surface area contributed by atoms with Crippen LogP contribution in [-0.4, -0.2) is 47.7 Å². The van der Waals surface area contributed by atoms with E-state index in [4.69, 9.17) is 10.00 Å². The van der Waals surface area contributed by atoms with Crippen LogP contribution in [0.25, 0.3) is 0 Å². The lowest BCUT2D eigenvalue weighted by atomic mass is 10.1. The van der Waals surface area contributed by atoms with Gasteiger partial charge in [-0.15, -0.1) is 0 Å². The third-order valence-corrected chi connectivity index (χ3v) is 4.25. The second-order valence-electron chi connectivity index (χ2n) is 5.95. The number of nitriles is 1. The third-order valence-electron chi connectivity index (χ3n) is 4.25. The molecule has 0 radical (unpaired) electrons. The second kappa shape index (κ2) is 8.38. The Kier molecular flexibility index (Phi) is 5.73. The molecule has 0 spiro atoms. The molecular formula is C18H19N5O3. The molecule has 1 aliphatic heterocycles. The van der Waals surface area contributed by atoms with E-state index in [1.807, 2.05) is 30.3 Å². The van der Waals surface area contributed by atoms with Crippen LogP contribution in [0.4, 0.5) is 11.5 Å². The van der Waals surface area contributed by atoms with Crippen molar-refractivity contribution in [2.24, 2.45) is 0 Å². The van der Waals surface area contributed by atoms with Crippen LogP contribution in [0.3, 0.4) is 0 Å². The zero-order valence-electron chi connectivity index (χ0n) is 14.2. The van der Waals surface area contributed by atoms with E-state index in [0.29, 0.717) is 19.0 Å². The maximum Gasteiger partial charge on any atom is 0.305 e. The molecule has 1 fully saturated rings. The van der Waals surface area contributed by atoms with Gasteiger partial charge in [0, 0.05) is 25.7 Å². The Bertz CT molecular complexity index is 800. The van der Waals surface area contributed by atoms with Crippen LogP contribution >= 0.6 is 0 Å². The van der Waals surface area contributed by atoms with Crippen molar-refractivity contribution in [3.05, 3.63) is 63.8 Å². The van der Waals surface area contributed by atoms with Crippen molar-refractivity contribution in [2.75, 3.05) is 38.2 Å². The molecule has 1 unspecified atom stereocenters. The number of nitro groups is 1. The molecule has 1 aromatic carbocycles. The lowest BCUT2D eigenvalue weighted by Crippen LogP contribution is -2.40. The fourth-order valence-corrected chi connectivity index (χ4v) is 2.90. The van der Waals surface area contributed by atoms with Crippen molar-refractivity contribution in [3.63, 3.8) is 0 Å². The van der Waals surface area contributed by atoms with Gasteiger partial charge in [0.15, 0.2) is 0 Å². The van der Waals surface area contributed by atoms with E-state index < -0.39 is 4.92 Å². The average Bonchev–Trinajstić information content (AvgIpc) is 2.68. The van der Waals surface area contributed by atoms with Crippen molar-refractivity contribution in [1.29, 1.82) is 5.26 Å². The average molecular weight is 353 g/mol. The molecule has 0 saturated carbocycles. The first-order chi connectivity index (χ1) is 12.7. The summed E-state index contributed by atoms with van der Waals surface area (Å²) in [5.41, 5.74) is 0.596. The summed E-state index contributed by atoms with van der Waals surface area (Å²) >= 11 is 0. The molecule has 1 atom stereocenters. The van der Waals surface area contributed by atoms with E-state index in [9.17, 15) is 10.1 Å². The summed E-state index contributed by atoms with van der Waals surface area (Å²) in [5.74, 6) is 0.439. The Morgan fingerprint density at radius 3 is 2.65 bits per heavy atom. The second-order valence-corrected chi connectivity index (χ2v) is 5.95. The summed E-state index contributed by atoms with van der Waals surface area (Å²) in [4.78, 5) is 16.8. The minimum atomic E-state index is -0.599. The quantitative estimate of drug-likeness (QED) is 0.628. The summed E-state index contributed by atoms with van der Waals surface area (Å²) in [7, 11) is 0. The van der Waals surface area contributed by atoms with Crippen molar-refractivity contribution in [1.82, 2.24) is 9.88 Å². The number of ether oxygens (including phenoxy) is 1. The number of aromatic nitrogens is 1. The maximum atomic E-state index is 11.0. The number of benzene rings is 1. The molecule has 1 N–H and O–H groups in total. The number of pyridine rings is 1. The van der Waals surface area contributed by atoms with Crippen LogP contribution in [0.5, 0.6) is 0 Å².